The third kappa shape index (κ3) is 3.07. The third-order valence-electron chi connectivity index (χ3n) is 1.98. The number of thiazole rings is 1. The lowest BCUT2D eigenvalue weighted by molar-refractivity contribution is -0.274. The second-order valence-electron chi connectivity index (χ2n) is 3.24. The Hall–Kier alpha value is -1.89. The van der Waals surface area contributed by atoms with Crippen LogP contribution < -0.4 is 4.74 Å². The van der Waals surface area contributed by atoms with Gasteiger partial charge in [-0.05, 0) is 24.3 Å². The molecule has 2 rings (SSSR count). The molecule has 0 aliphatic rings. The Morgan fingerprint density at radius 1 is 1.22 bits per heavy atom. The van der Waals surface area contributed by atoms with Crippen molar-refractivity contribution in [2.75, 3.05) is 0 Å². The maximum absolute atomic E-state index is 11.9. The minimum atomic E-state index is -4.74. The van der Waals surface area contributed by atoms with Gasteiger partial charge in [0.05, 0.1) is 0 Å². The molecule has 0 bridgehead atoms. The van der Waals surface area contributed by atoms with Gasteiger partial charge in [-0.3, -0.25) is 4.79 Å². The number of rotatable bonds is 3. The highest BCUT2D eigenvalue weighted by Gasteiger charge is 2.31. The summed E-state index contributed by atoms with van der Waals surface area (Å²) < 4.78 is 39.5. The van der Waals surface area contributed by atoms with Crippen LogP contribution in [0, 0.1) is 0 Å². The number of hydrogen-bond donors (Lipinski definition) is 0. The van der Waals surface area contributed by atoms with Crippen molar-refractivity contribution in [1.82, 2.24) is 4.98 Å². The first kappa shape index (κ1) is 12.6. The molecule has 0 spiro atoms. The zero-order valence-corrected chi connectivity index (χ0v) is 9.59. The van der Waals surface area contributed by atoms with E-state index in [9.17, 15) is 18.0 Å². The predicted molar refractivity (Wildman–Crippen MR) is 58.7 cm³/mol. The van der Waals surface area contributed by atoms with Crippen LogP contribution in [0.25, 0.3) is 0 Å². The largest absolute Gasteiger partial charge is 0.573 e. The third-order valence-corrected chi connectivity index (χ3v) is 2.75. The molecule has 0 saturated heterocycles. The Bertz CT molecular complexity index is 534. The Labute approximate surface area is 104 Å². The van der Waals surface area contributed by atoms with Gasteiger partial charge in [-0.15, -0.1) is 24.5 Å². The number of hydrogen-bond acceptors (Lipinski definition) is 4. The summed E-state index contributed by atoms with van der Waals surface area (Å²) in [5.74, 6) is -0.693. The number of alkyl halides is 3. The number of ether oxygens (including phenoxy) is 1. The monoisotopic (exact) mass is 273 g/mol. The van der Waals surface area contributed by atoms with Crippen LogP contribution >= 0.6 is 11.3 Å². The second kappa shape index (κ2) is 4.77. The van der Waals surface area contributed by atoms with Crippen LogP contribution in [0.15, 0.2) is 35.8 Å². The molecule has 18 heavy (non-hydrogen) atoms. The standard InChI is InChI=1S/C11H6F3NO2S/c12-11(13,14)17-8-3-1-7(2-4-8)9(16)10-15-5-6-18-10/h1-6H. The van der Waals surface area contributed by atoms with E-state index < -0.39 is 6.36 Å². The lowest BCUT2D eigenvalue weighted by Gasteiger charge is -2.08. The summed E-state index contributed by atoms with van der Waals surface area (Å²) in [6.45, 7) is 0. The van der Waals surface area contributed by atoms with Gasteiger partial charge in [-0.25, -0.2) is 4.98 Å². The summed E-state index contributed by atoms with van der Waals surface area (Å²) in [7, 11) is 0. The van der Waals surface area contributed by atoms with Gasteiger partial charge in [0.2, 0.25) is 5.78 Å². The molecule has 1 heterocycles. The molecule has 0 radical (unpaired) electrons. The molecule has 0 saturated carbocycles. The molecule has 3 nitrogen and oxygen atoms in total. The SMILES string of the molecule is O=C(c1ccc(OC(F)(F)F)cc1)c1nccs1. The van der Waals surface area contributed by atoms with Crippen molar-refractivity contribution >= 4 is 17.1 Å². The van der Waals surface area contributed by atoms with E-state index in [2.05, 4.69) is 9.72 Å². The second-order valence-corrected chi connectivity index (χ2v) is 4.13. The average molecular weight is 273 g/mol. The Morgan fingerprint density at radius 3 is 2.39 bits per heavy atom. The van der Waals surface area contributed by atoms with E-state index in [0.29, 0.717) is 5.01 Å². The smallest absolute Gasteiger partial charge is 0.406 e. The van der Waals surface area contributed by atoms with E-state index in [1.54, 1.807) is 5.38 Å². The fourth-order valence-corrected chi connectivity index (χ4v) is 1.86. The van der Waals surface area contributed by atoms with E-state index in [4.69, 9.17) is 0 Å². The number of halogens is 3. The molecule has 0 aliphatic heterocycles. The molecule has 0 atom stereocenters. The number of nitrogens with zero attached hydrogens (tertiary/aromatic N) is 1. The quantitative estimate of drug-likeness (QED) is 0.806. The van der Waals surface area contributed by atoms with Crippen LogP contribution in [0.1, 0.15) is 15.4 Å². The number of carbonyl (C=O) groups is 1. The first-order valence-corrected chi connectivity index (χ1v) is 5.64. The van der Waals surface area contributed by atoms with Crippen LogP contribution in [0.5, 0.6) is 5.75 Å². The fourth-order valence-electron chi connectivity index (χ4n) is 1.27. The van der Waals surface area contributed by atoms with E-state index in [1.807, 2.05) is 0 Å². The molecule has 7 heteroatoms. The highest BCUT2D eigenvalue weighted by Crippen LogP contribution is 2.23. The van der Waals surface area contributed by atoms with E-state index in [-0.39, 0.29) is 17.1 Å². The van der Waals surface area contributed by atoms with Gasteiger partial charge in [-0.1, -0.05) is 0 Å². The van der Waals surface area contributed by atoms with Crippen molar-refractivity contribution in [3.63, 3.8) is 0 Å². The lowest BCUT2D eigenvalue weighted by atomic mass is 10.1. The van der Waals surface area contributed by atoms with Crippen LogP contribution in [-0.2, 0) is 0 Å². The van der Waals surface area contributed by atoms with Crippen LogP contribution in [0.4, 0.5) is 13.2 Å². The topological polar surface area (TPSA) is 39.2 Å². The van der Waals surface area contributed by atoms with Gasteiger partial charge >= 0.3 is 6.36 Å². The van der Waals surface area contributed by atoms with Gasteiger partial charge in [0, 0.05) is 17.1 Å². The summed E-state index contributed by atoms with van der Waals surface area (Å²) in [6, 6.07) is 4.72. The molecule has 0 amide bonds. The van der Waals surface area contributed by atoms with Crippen molar-refractivity contribution in [3.8, 4) is 5.75 Å². The van der Waals surface area contributed by atoms with Crippen LogP contribution in [-0.4, -0.2) is 17.1 Å². The molecule has 94 valence electrons. The summed E-state index contributed by atoms with van der Waals surface area (Å²) in [4.78, 5) is 15.6. The van der Waals surface area contributed by atoms with Gasteiger partial charge in [-0.2, -0.15) is 0 Å². The molecule has 0 fully saturated rings. The minimum Gasteiger partial charge on any atom is -0.406 e. The lowest BCUT2D eigenvalue weighted by Crippen LogP contribution is -2.17. The molecule has 1 aromatic carbocycles. The molecule has 0 N–H and O–H groups in total. The Morgan fingerprint density at radius 2 is 1.89 bits per heavy atom. The van der Waals surface area contributed by atoms with Crippen molar-refractivity contribution in [3.05, 3.63) is 46.4 Å². The predicted octanol–water partition coefficient (Wildman–Crippen LogP) is 3.27. The molecule has 1 aromatic heterocycles. The first-order valence-electron chi connectivity index (χ1n) is 4.76. The minimum absolute atomic E-state index is 0.263. The van der Waals surface area contributed by atoms with Gasteiger partial charge < -0.3 is 4.74 Å². The normalized spacial score (nSPS) is 11.3. The van der Waals surface area contributed by atoms with Gasteiger partial charge in [0.25, 0.3) is 0 Å². The van der Waals surface area contributed by atoms with Gasteiger partial charge in [0.15, 0.2) is 5.01 Å². The van der Waals surface area contributed by atoms with Crippen LogP contribution in [0.3, 0.4) is 0 Å². The van der Waals surface area contributed by atoms with E-state index >= 15 is 0 Å². The number of carbonyl (C=O) groups excluding carboxylic acids is 1. The Balaban J connectivity index is 2.15. The van der Waals surface area contributed by atoms with E-state index in [1.165, 1.54) is 29.7 Å². The first-order chi connectivity index (χ1) is 8.46. The molecular formula is C11H6F3NO2S. The average Bonchev–Trinajstić information content (AvgIpc) is 2.80. The summed E-state index contributed by atoms with van der Waals surface area (Å²) in [6.07, 6.45) is -3.25. The number of aromatic nitrogens is 1. The zero-order valence-electron chi connectivity index (χ0n) is 8.77. The zero-order chi connectivity index (χ0) is 13.2. The summed E-state index contributed by atoms with van der Waals surface area (Å²) >= 11 is 1.17. The molecule has 0 aliphatic carbocycles. The van der Waals surface area contributed by atoms with Crippen LogP contribution in [0.2, 0.25) is 0 Å². The highest BCUT2D eigenvalue weighted by atomic mass is 32.1. The van der Waals surface area contributed by atoms with Crippen molar-refractivity contribution < 1.29 is 22.7 Å². The Kier molecular flexibility index (Phi) is 3.33. The maximum Gasteiger partial charge on any atom is 0.573 e. The highest BCUT2D eigenvalue weighted by molar-refractivity contribution is 7.11. The van der Waals surface area contributed by atoms with Crippen molar-refractivity contribution in [2.45, 2.75) is 6.36 Å². The fraction of sp³-hybridized carbons (Fsp3) is 0.0909. The number of ketones is 1. The van der Waals surface area contributed by atoms with Crippen molar-refractivity contribution in [2.24, 2.45) is 0 Å². The number of benzene rings is 1. The van der Waals surface area contributed by atoms with E-state index in [0.717, 1.165) is 12.1 Å². The molecular weight excluding hydrogens is 267 g/mol. The summed E-state index contributed by atoms with van der Waals surface area (Å²) in [5, 5.41) is 1.94. The molecule has 2 aromatic rings. The van der Waals surface area contributed by atoms with Gasteiger partial charge in [0.1, 0.15) is 5.75 Å². The molecule has 0 unspecified atom stereocenters. The maximum atomic E-state index is 11.9. The van der Waals surface area contributed by atoms with Crippen molar-refractivity contribution in [1.29, 1.82) is 0 Å². The summed E-state index contributed by atoms with van der Waals surface area (Å²) in [5.41, 5.74) is 0.263.